The molecule has 0 bridgehead atoms. The van der Waals surface area contributed by atoms with E-state index in [1.54, 1.807) is 6.07 Å². The van der Waals surface area contributed by atoms with Gasteiger partial charge in [-0.05, 0) is 43.4 Å². The smallest absolute Gasteiger partial charge is 0.0465 e. The third-order valence-corrected chi connectivity index (χ3v) is 4.24. The second kappa shape index (κ2) is 4.95. The average molecular weight is 258 g/mol. The van der Waals surface area contributed by atoms with Crippen molar-refractivity contribution in [2.75, 3.05) is 0 Å². The first-order chi connectivity index (χ1) is 7.65. The number of nitrogens with one attached hydrogen (secondary N) is 1. The first-order valence-electron chi connectivity index (χ1n) is 5.84. The van der Waals surface area contributed by atoms with Crippen molar-refractivity contribution in [2.45, 2.75) is 44.7 Å². The summed E-state index contributed by atoms with van der Waals surface area (Å²) in [4.78, 5) is 0. The van der Waals surface area contributed by atoms with Gasteiger partial charge in [-0.1, -0.05) is 36.2 Å². The van der Waals surface area contributed by atoms with Crippen molar-refractivity contribution < 1.29 is 0 Å². The van der Waals surface area contributed by atoms with Crippen molar-refractivity contribution in [3.05, 3.63) is 33.8 Å². The van der Waals surface area contributed by atoms with Gasteiger partial charge >= 0.3 is 0 Å². The van der Waals surface area contributed by atoms with Crippen molar-refractivity contribution in [3.63, 3.8) is 0 Å². The molecule has 1 aliphatic rings. The monoisotopic (exact) mass is 257 g/mol. The summed E-state index contributed by atoms with van der Waals surface area (Å²) in [5.74, 6) is 0. The van der Waals surface area contributed by atoms with E-state index in [9.17, 15) is 0 Å². The van der Waals surface area contributed by atoms with Crippen LogP contribution in [0.3, 0.4) is 0 Å². The van der Waals surface area contributed by atoms with Gasteiger partial charge in [0.2, 0.25) is 0 Å². The first-order valence-corrected chi connectivity index (χ1v) is 6.60. The summed E-state index contributed by atoms with van der Waals surface area (Å²) in [6.07, 6.45) is 5.11. The van der Waals surface area contributed by atoms with Crippen LogP contribution in [0.25, 0.3) is 0 Å². The van der Waals surface area contributed by atoms with Gasteiger partial charge in [0.05, 0.1) is 0 Å². The van der Waals surface area contributed by atoms with Gasteiger partial charge < -0.3 is 5.32 Å². The molecule has 1 aromatic carbocycles. The zero-order chi connectivity index (χ0) is 11.6. The van der Waals surface area contributed by atoms with Crippen LogP contribution < -0.4 is 5.32 Å². The molecule has 0 unspecified atom stereocenters. The summed E-state index contributed by atoms with van der Waals surface area (Å²) < 4.78 is 0. The molecule has 0 aromatic heterocycles. The summed E-state index contributed by atoms with van der Waals surface area (Å²) in [6, 6.07) is 5.70. The molecule has 0 atom stereocenters. The van der Waals surface area contributed by atoms with E-state index in [2.05, 4.69) is 12.2 Å². The second-order valence-corrected chi connectivity index (χ2v) is 5.42. The van der Waals surface area contributed by atoms with Gasteiger partial charge in [0.15, 0.2) is 0 Å². The summed E-state index contributed by atoms with van der Waals surface area (Å²) in [5.41, 5.74) is 1.49. The molecule has 1 aliphatic carbocycles. The summed E-state index contributed by atoms with van der Waals surface area (Å²) in [7, 11) is 0. The molecule has 0 amide bonds. The normalized spacial score (nSPS) is 18.2. The van der Waals surface area contributed by atoms with E-state index in [4.69, 9.17) is 23.2 Å². The van der Waals surface area contributed by atoms with Gasteiger partial charge in [-0.25, -0.2) is 0 Å². The molecular weight excluding hydrogens is 241 g/mol. The quantitative estimate of drug-likeness (QED) is 0.843. The maximum absolute atomic E-state index is 6.14. The van der Waals surface area contributed by atoms with Crippen LogP contribution in [0.4, 0.5) is 0 Å². The fourth-order valence-electron chi connectivity index (χ4n) is 2.21. The van der Waals surface area contributed by atoms with E-state index < -0.39 is 0 Å². The first kappa shape index (κ1) is 12.2. The van der Waals surface area contributed by atoms with E-state index in [1.165, 1.54) is 25.7 Å². The van der Waals surface area contributed by atoms with Gasteiger partial charge in [0.25, 0.3) is 0 Å². The highest BCUT2D eigenvalue weighted by Gasteiger charge is 2.34. The van der Waals surface area contributed by atoms with Gasteiger partial charge in [0, 0.05) is 22.1 Å². The number of rotatable bonds is 4. The topological polar surface area (TPSA) is 12.0 Å². The SMILES string of the molecule is CCC1(NCc2ccc(Cl)cc2Cl)CCC1. The summed E-state index contributed by atoms with van der Waals surface area (Å²) in [5, 5.41) is 5.08. The van der Waals surface area contributed by atoms with Crippen molar-refractivity contribution >= 4 is 23.2 Å². The Labute approximate surface area is 107 Å². The average Bonchev–Trinajstić information content (AvgIpc) is 2.19. The lowest BCUT2D eigenvalue weighted by Gasteiger charge is -2.42. The Balaban J connectivity index is 1.99. The maximum atomic E-state index is 6.14. The standard InChI is InChI=1S/C13H17Cl2N/c1-2-13(6-3-7-13)16-9-10-4-5-11(14)8-12(10)15/h4-5,8,16H,2-3,6-7,9H2,1H3. The molecule has 1 nitrogen and oxygen atoms in total. The number of hydrogen-bond donors (Lipinski definition) is 1. The molecule has 88 valence electrons. The minimum Gasteiger partial charge on any atom is -0.307 e. The van der Waals surface area contributed by atoms with Crippen molar-refractivity contribution in [3.8, 4) is 0 Å². The molecule has 2 rings (SSSR count). The molecule has 1 saturated carbocycles. The molecule has 0 aliphatic heterocycles. The molecule has 0 radical (unpaired) electrons. The molecule has 0 saturated heterocycles. The zero-order valence-electron chi connectivity index (χ0n) is 9.52. The Morgan fingerprint density at radius 1 is 1.31 bits per heavy atom. The van der Waals surface area contributed by atoms with Crippen LogP contribution in [0.5, 0.6) is 0 Å². The largest absolute Gasteiger partial charge is 0.307 e. The third kappa shape index (κ3) is 2.53. The van der Waals surface area contributed by atoms with Gasteiger partial charge in [0.1, 0.15) is 0 Å². The highest BCUT2D eigenvalue weighted by atomic mass is 35.5. The van der Waals surface area contributed by atoms with E-state index in [1.807, 2.05) is 12.1 Å². The lowest BCUT2D eigenvalue weighted by molar-refractivity contribution is 0.175. The van der Waals surface area contributed by atoms with Crippen LogP contribution >= 0.6 is 23.2 Å². The molecule has 3 heteroatoms. The summed E-state index contributed by atoms with van der Waals surface area (Å²) >= 11 is 12.0. The molecule has 0 spiro atoms. The van der Waals surface area contributed by atoms with Crippen LogP contribution in [0.2, 0.25) is 10.0 Å². The van der Waals surface area contributed by atoms with E-state index in [0.29, 0.717) is 10.6 Å². The highest BCUT2D eigenvalue weighted by molar-refractivity contribution is 6.35. The Morgan fingerprint density at radius 3 is 2.56 bits per heavy atom. The molecule has 1 fully saturated rings. The van der Waals surface area contributed by atoms with E-state index >= 15 is 0 Å². The molecule has 1 aromatic rings. The lowest BCUT2D eigenvalue weighted by Crippen LogP contribution is -2.49. The second-order valence-electron chi connectivity index (χ2n) is 4.58. The van der Waals surface area contributed by atoms with Crippen LogP contribution in [0.15, 0.2) is 18.2 Å². The Hall–Kier alpha value is -0.240. The fourth-order valence-corrected chi connectivity index (χ4v) is 2.68. The van der Waals surface area contributed by atoms with Gasteiger partial charge in [-0.15, -0.1) is 0 Å². The number of halogens is 2. The van der Waals surface area contributed by atoms with Crippen LogP contribution in [-0.2, 0) is 6.54 Å². The molecule has 0 heterocycles. The van der Waals surface area contributed by atoms with Crippen molar-refractivity contribution in [1.82, 2.24) is 5.32 Å². The Bertz CT molecular complexity index is 367. The number of hydrogen-bond acceptors (Lipinski definition) is 1. The van der Waals surface area contributed by atoms with E-state index in [-0.39, 0.29) is 0 Å². The minimum atomic E-state index is 0.364. The van der Waals surface area contributed by atoms with Crippen LogP contribution in [0, 0.1) is 0 Å². The molecule has 1 N–H and O–H groups in total. The highest BCUT2D eigenvalue weighted by Crippen LogP contribution is 2.35. The van der Waals surface area contributed by atoms with Crippen molar-refractivity contribution in [2.24, 2.45) is 0 Å². The van der Waals surface area contributed by atoms with E-state index in [0.717, 1.165) is 17.1 Å². The predicted molar refractivity (Wildman–Crippen MR) is 70.2 cm³/mol. The lowest BCUT2D eigenvalue weighted by atomic mass is 9.75. The summed E-state index contributed by atoms with van der Waals surface area (Å²) in [6.45, 7) is 3.08. The maximum Gasteiger partial charge on any atom is 0.0465 e. The zero-order valence-corrected chi connectivity index (χ0v) is 11.0. The van der Waals surface area contributed by atoms with Crippen LogP contribution in [0.1, 0.15) is 38.2 Å². The predicted octanol–water partition coefficient (Wildman–Crippen LogP) is 4.42. The fraction of sp³-hybridized carbons (Fsp3) is 0.538. The molecule has 16 heavy (non-hydrogen) atoms. The molecular formula is C13H17Cl2N. The minimum absolute atomic E-state index is 0.364. The number of benzene rings is 1. The Morgan fingerprint density at radius 2 is 2.06 bits per heavy atom. The Kier molecular flexibility index (Phi) is 3.78. The van der Waals surface area contributed by atoms with Gasteiger partial charge in [-0.3, -0.25) is 0 Å². The van der Waals surface area contributed by atoms with Crippen molar-refractivity contribution in [1.29, 1.82) is 0 Å². The van der Waals surface area contributed by atoms with Crippen LogP contribution in [-0.4, -0.2) is 5.54 Å². The van der Waals surface area contributed by atoms with Gasteiger partial charge in [-0.2, -0.15) is 0 Å². The third-order valence-electron chi connectivity index (χ3n) is 3.66.